The SMILES string of the molecule is C.CC1=C(/C=C2\Sc3cc(S(=O)(=O)NCC[N+](C)(C)C)ccc3N2C)CC/C1=C\c1sc2cc(S(=O)(=O)NCC[N+](C)(C)C)ccc2[n+]1C. The maximum atomic E-state index is 13.0. The smallest absolute Gasteiger partial charge is 0.262 e. The molecule has 0 saturated heterocycles. The Morgan fingerprint density at radius 2 is 1.43 bits per heavy atom. The van der Waals surface area contributed by atoms with Crippen LogP contribution >= 0.6 is 23.1 Å². The van der Waals surface area contributed by atoms with Gasteiger partial charge in [0.15, 0.2) is 0 Å². The first-order valence-corrected chi connectivity index (χ1v) is 20.5. The molecule has 0 bridgehead atoms. The summed E-state index contributed by atoms with van der Waals surface area (Å²) in [5.41, 5.74) is 5.74. The van der Waals surface area contributed by atoms with E-state index in [4.69, 9.17) is 0 Å². The topological polar surface area (TPSA) is 99.5 Å². The van der Waals surface area contributed by atoms with E-state index in [1.807, 2.05) is 68.5 Å². The Labute approximate surface area is 302 Å². The molecule has 49 heavy (non-hydrogen) atoms. The van der Waals surface area contributed by atoms with Crippen molar-refractivity contribution in [2.45, 2.75) is 41.9 Å². The van der Waals surface area contributed by atoms with Crippen LogP contribution in [0.5, 0.6) is 0 Å². The second-order valence-corrected chi connectivity index (χ2v) is 20.2. The van der Waals surface area contributed by atoms with Gasteiger partial charge in [0, 0.05) is 24.1 Å². The Hall–Kier alpha value is -2.56. The lowest BCUT2D eigenvalue weighted by Crippen LogP contribution is -2.41. The minimum atomic E-state index is -3.60. The number of sulfonamides is 2. The third-order valence-corrected chi connectivity index (χ3v) is 13.9. The third-order valence-electron chi connectivity index (χ3n) is 8.67. The Morgan fingerprint density at radius 1 is 0.857 bits per heavy atom. The summed E-state index contributed by atoms with van der Waals surface area (Å²) in [6.07, 6.45) is 6.28. The highest BCUT2D eigenvalue weighted by Crippen LogP contribution is 2.47. The Kier molecular flexibility index (Phi) is 11.7. The van der Waals surface area contributed by atoms with E-state index < -0.39 is 20.0 Å². The predicted octanol–water partition coefficient (Wildman–Crippen LogP) is 4.91. The molecule has 0 spiro atoms. The minimum Gasteiger partial charge on any atom is -0.338 e. The summed E-state index contributed by atoms with van der Waals surface area (Å²) < 4.78 is 61.9. The number of thiazole rings is 1. The molecule has 0 saturated carbocycles. The number of thioether (sulfide) groups is 1. The largest absolute Gasteiger partial charge is 0.338 e. The molecule has 3 aromatic rings. The van der Waals surface area contributed by atoms with Gasteiger partial charge in [0.25, 0.3) is 5.01 Å². The zero-order valence-electron chi connectivity index (χ0n) is 29.4. The number of allylic oxidation sites excluding steroid dienone is 4. The number of rotatable bonds is 12. The highest BCUT2D eigenvalue weighted by molar-refractivity contribution is 8.03. The first-order chi connectivity index (χ1) is 22.2. The molecule has 1 aliphatic heterocycles. The van der Waals surface area contributed by atoms with Gasteiger partial charge in [-0.05, 0) is 72.9 Å². The van der Waals surface area contributed by atoms with Crippen LogP contribution in [0.2, 0.25) is 0 Å². The van der Waals surface area contributed by atoms with E-state index in [0.717, 1.165) is 43.7 Å². The number of benzene rings is 2. The van der Waals surface area contributed by atoms with Crippen molar-refractivity contribution in [3.63, 3.8) is 0 Å². The Bertz CT molecular complexity index is 2050. The quantitative estimate of drug-likeness (QED) is 0.202. The van der Waals surface area contributed by atoms with Crippen molar-refractivity contribution in [3.05, 3.63) is 69.2 Å². The molecule has 2 aromatic carbocycles. The first kappa shape index (κ1) is 39.2. The number of aromatic nitrogens is 1. The van der Waals surface area contributed by atoms with Crippen LogP contribution in [0.4, 0.5) is 5.69 Å². The zero-order valence-corrected chi connectivity index (χ0v) is 32.7. The van der Waals surface area contributed by atoms with E-state index in [1.54, 1.807) is 47.4 Å². The van der Waals surface area contributed by atoms with Crippen molar-refractivity contribution in [1.82, 2.24) is 9.44 Å². The van der Waals surface area contributed by atoms with Gasteiger partial charge in [-0.25, -0.2) is 26.3 Å². The van der Waals surface area contributed by atoms with Crippen LogP contribution in [0.15, 0.2) is 78.9 Å². The maximum Gasteiger partial charge on any atom is 0.262 e. The fourth-order valence-electron chi connectivity index (χ4n) is 5.60. The summed E-state index contributed by atoms with van der Waals surface area (Å²) in [7, 11) is 9.05. The van der Waals surface area contributed by atoms with Crippen molar-refractivity contribution in [2.75, 3.05) is 80.4 Å². The van der Waals surface area contributed by atoms with Gasteiger partial charge in [-0.15, -0.1) is 0 Å². The number of hydrogen-bond donors (Lipinski definition) is 2. The number of nitrogens with one attached hydrogen (secondary N) is 2. The number of aryl methyl sites for hydroxylation is 1. The van der Waals surface area contributed by atoms with Crippen molar-refractivity contribution >= 4 is 65.1 Å². The summed E-state index contributed by atoms with van der Waals surface area (Å²) in [4.78, 5) is 3.61. The molecule has 1 aliphatic carbocycles. The highest BCUT2D eigenvalue weighted by Gasteiger charge is 2.28. The summed E-state index contributed by atoms with van der Waals surface area (Å²) in [5, 5.41) is 2.12. The molecule has 0 fully saturated rings. The standard InChI is InChI=1S/C34H49N6O4S4.CH4/c1-24-25(20-33-37(2)29-14-12-27(22-31(29)45-33)47(41,42)35-16-18-39(4,5)6)10-11-26(24)21-34-38(3)30-15-13-28(23-32(30)46-34)48(43,44)36-17-19-40(7,8)9;/h12-15,20-23,35-36H,10-11,16-19H2,1-9H3;1H4/q+3;. The second kappa shape index (κ2) is 14.6. The molecular formula is C35H53N6O4S4+3. The van der Waals surface area contributed by atoms with Crippen LogP contribution in [-0.2, 0) is 27.1 Å². The summed E-state index contributed by atoms with van der Waals surface area (Å²) >= 11 is 3.18. The molecule has 10 nitrogen and oxygen atoms in total. The summed E-state index contributed by atoms with van der Waals surface area (Å²) in [6, 6.07) is 10.7. The van der Waals surface area contributed by atoms with Gasteiger partial charge in [-0.2, -0.15) is 4.57 Å². The molecule has 0 unspecified atom stereocenters. The molecule has 0 radical (unpaired) electrons. The Balaban J connectivity index is 0.00000541. The molecule has 2 aliphatic rings. The lowest BCUT2D eigenvalue weighted by atomic mass is 10.1. The van der Waals surface area contributed by atoms with E-state index >= 15 is 0 Å². The van der Waals surface area contributed by atoms with Crippen LogP contribution in [0.1, 0.15) is 32.2 Å². The molecule has 2 heterocycles. The number of likely N-dealkylation sites (N-methyl/N-ethyl adjacent to an activating group) is 2. The summed E-state index contributed by atoms with van der Waals surface area (Å²) in [5.74, 6) is 0. The zero-order chi connectivity index (χ0) is 35.2. The van der Waals surface area contributed by atoms with E-state index in [-0.39, 0.29) is 17.2 Å². The van der Waals surface area contributed by atoms with Gasteiger partial charge >= 0.3 is 0 Å². The predicted molar refractivity (Wildman–Crippen MR) is 205 cm³/mol. The number of nitrogens with zero attached hydrogens (tertiary/aromatic N) is 4. The highest BCUT2D eigenvalue weighted by atomic mass is 32.2. The van der Waals surface area contributed by atoms with Crippen LogP contribution in [0, 0.1) is 0 Å². The molecule has 1 aromatic heterocycles. The van der Waals surface area contributed by atoms with Crippen LogP contribution in [-0.4, -0.2) is 101 Å². The van der Waals surface area contributed by atoms with E-state index in [9.17, 15) is 16.8 Å². The molecule has 0 amide bonds. The number of fused-ring (bicyclic) bond motifs is 2. The van der Waals surface area contributed by atoms with Crippen LogP contribution < -0.4 is 18.9 Å². The lowest BCUT2D eigenvalue weighted by Gasteiger charge is -2.23. The van der Waals surface area contributed by atoms with E-state index in [1.165, 1.54) is 16.7 Å². The van der Waals surface area contributed by atoms with Crippen molar-refractivity contribution in [2.24, 2.45) is 7.05 Å². The van der Waals surface area contributed by atoms with Gasteiger partial charge in [0.1, 0.15) is 11.7 Å². The molecule has 0 atom stereocenters. The maximum absolute atomic E-state index is 13.0. The fourth-order valence-corrected chi connectivity index (χ4v) is 10.2. The Morgan fingerprint density at radius 3 is 2.02 bits per heavy atom. The summed E-state index contributed by atoms with van der Waals surface area (Å²) in [6.45, 7) is 4.30. The van der Waals surface area contributed by atoms with Crippen LogP contribution in [0.3, 0.4) is 0 Å². The molecule has 268 valence electrons. The third kappa shape index (κ3) is 9.22. The normalized spacial score (nSPS) is 17.4. The van der Waals surface area contributed by atoms with E-state index in [0.29, 0.717) is 35.1 Å². The molecule has 2 N–H and O–H groups in total. The molecular weight excluding hydrogens is 697 g/mol. The average Bonchev–Trinajstić information content (AvgIpc) is 3.59. The van der Waals surface area contributed by atoms with Crippen molar-refractivity contribution in [1.29, 1.82) is 0 Å². The van der Waals surface area contributed by atoms with Gasteiger partial charge < -0.3 is 13.9 Å². The van der Waals surface area contributed by atoms with Gasteiger partial charge in [-0.1, -0.05) is 30.5 Å². The van der Waals surface area contributed by atoms with Gasteiger partial charge in [0.05, 0.1) is 89.0 Å². The van der Waals surface area contributed by atoms with Crippen LogP contribution in [0.25, 0.3) is 16.3 Å². The lowest BCUT2D eigenvalue weighted by molar-refractivity contribution is -0.869. The second-order valence-electron chi connectivity index (χ2n) is 14.5. The van der Waals surface area contributed by atoms with Gasteiger partial charge in [0.2, 0.25) is 25.6 Å². The van der Waals surface area contributed by atoms with Crippen molar-refractivity contribution in [3.8, 4) is 0 Å². The molecule has 14 heteroatoms. The van der Waals surface area contributed by atoms with E-state index in [2.05, 4.69) is 38.0 Å². The molecule has 5 rings (SSSR count). The monoisotopic (exact) mass is 749 g/mol. The minimum absolute atomic E-state index is 0. The first-order valence-electron chi connectivity index (χ1n) is 15.9. The van der Waals surface area contributed by atoms with Gasteiger partial charge in [-0.3, -0.25) is 0 Å². The van der Waals surface area contributed by atoms with Crippen molar-refractivity contribution < 1.29 is 30.4 Å². The number of quaternary nitrogens is 2. The number of hydrogen-bond acceptors (Lipinski definition) is 7. The number of anilines is 1. The fraction of sp³-hybridized carbons (Fsp3) is 0.457. The average molecular weight is 750 g/mol.